The number of piperidine rings is 1. The molecule has 1 amide bonds. The maximum atomic E-state index is 12.7. The van der Waals surface area contributed by atoms with Crippen LogP contribution in [0.2, 0.25) is 0 Å². The Kier molecular flexibility index (Phi) is 6.15. The summed E-state index contributed by atoms with van der Waals surface area (Å²) in [6.45, 7) is 8.61. The minimum Gasteiger partial charge on any atom is -0.392 e. The summed E-state index contributed by atoms with van der Waals surface area (Å²) < 4.78 is 1.44. The summed E-state index contributed by atoms with van der Waals surface area (Å²) in [6.07, 6.45) is 1.87. The van der Waals surface area contributed by atoms with Gasteiger partial charge in [0, 0.05) is 36.1 Å². The number of amides is 1. The molecule has 2 heterocycles. The van der Waals surface area contributed by atoms with Crippen LogP contribution in [-0.2, 0) is 17.9 Å². The molecule has 0 spiro atoms. The number of likely N-dealkylation sites (tertiary alicyclic amines) is 1. The van der Waals surface area contributed by atoms with Crippen LogP contribution >= 0.6 is 0 Å². The van der Waals surface area contributed by atoms with Crippen LogP contribution in [0, 0.1) is 11.3 Å². The fourth-order valence-corrected chi connectivity index (χ4v) is 3.97. The molecular formula is C23H31N3O4. The van der Waals surface area contributed by atoms with E-state index in [1.165, 1.54) is 17.0 Å². The van der Waals surface area contributed by atoms with E-state index in [0.717, 1.165) is 11.1 Å². The molecule has 0 saturated carbocycles. The highest BCUT2D eigenvalue weighted by Crippen LogP contribution is 2.40. The number of benzene rings is 1. The largest absolute Gasteiger partial charge is 0.392 e. The summed E-state index contributed by atoms with van der Waals surface area (Å²) in [7, 11) is 0. The molecule has 30 heavy (non-hydrogen) atoms. The van der Waals surface area contributed by atoms with Gasteiger partial charge >= 0.3 is 0 Å². The highest BCUT2D eigenvalue weighted by Gasteiger charge is 2.49. The second-order valence-corrected chi connectivity index (χ2v) is 9.18. The quantitative estimate of drug-likeness (QED) is 0.782. The average molecular weight is 414 g/mol. The number of aliphatic hydroxyl groups is 2. The first-order valence-corrected chi connectivity index (χ1v) is 10.3. The van der Waals surface area contributed by atoms with Crippen molar-refractivity contribution in [1.82, 2.24) is 14.5 Å². The van der Waals surface area contributed by atoms with Gasteiger partial charge in [0.05, 0.1) is 30.8 Å². The summed E-state index contributed by atoms with van der Waals surface area (Å²) in [5, 5.41) is 20.6. The first-order chi connectivity index (χ1) is 14.1. The molecule has 1 saturated heterocycles. The third-order valence-electron chi connectivity index (χ3n) is 6.19. The Hall–Kier alpha value is -2.51. The molecule has 1 aliphatic heterocycles. The topological polar surface area (TPSA) is 95.7 Å². The highest BCUT2D eigenvalue weighted by atomic mass is 16.3. The van der Waals surface area contributed by atoms with E-state index in [9.17, 15) is 14.7 Å². The second kappa shape index (κ2) is 8.32. The lowest BCUT2D eigenvalue weighted by atomic mass is 9.69. The average Bonchev–Trinajstić information content (AvgIpc) is 2.71. The Morgan fingerprint density at radius 2 is 1.90 bits per heavy atom. The lowest BCUT2D eigenvalue weighted by molar-refractivity contribution is -0.156. The number of aromatic nitrogens is 2. The lowest BCUT2D eigenvalue weighted by Crippen LogP contribution is -2.61. The van der Waals surface area contributed by atoms with Crippen LogP contribution in [0.3, 0.4) is 0 Å². The molecule has 0 radical (unpaired) electrons. The van der Waals surface area contributed by atoms with E-state index in [1.54, 1.807) is 17.0 Å². The van der Waals surface area contributed by atoms with E-state index in [-0.39, 0.29) is 30.5 Å². The summed E-state index contributed by atoms with van der Waals surface area (Å²) >= 11 is 0. The lowest BCUT2D eigenvalue weighted by Gasteiger charge is -2.50. The molecule has 2 N–H and O–H groups in total. The van der Waals surface area contributed by atoms with Crippen LogP contribution in [0.25, 0.3) is 11.3 Å². The van der Waals surface area contributed by atoms with Gasteiger partial charge in [-0.3, -0.25) is 14.2 Å². The zero-order valence-corrected chi connectivity index (χ0v) is 18.1. The molecule has 1 aromatic carbocycles. The zero-order valence-electron chi connectivity index (χ0n) is 18.1. The normalized spacial score (nSPS) is 21.1. The smallest absolute Gasteiger partial charge is 0.253 e. The number of carbonyl (C=O) groups excluding carboxylic acids is 1. The van der Waals surface area contributed by atoms with Crippen molar-refractivity contribution in [3.05, 3.63) is 52.6 Å². The molecular weight excluding hydrogens is 382 g/mol. The maximum absolute atomic E-state index is 12.7. The zero-order chi connectivity index (χ0) is 22.1. The van der Waals surface area contributed by atoms with Gasteiger partial charge in [0.25, 0.3) is 5.56 Å². The van der Waals surface area contributed by atoms with Crippen molar-refractivity contribution >= 4 is 5.91 Å². The monoisotopic (exact) mass is 413 g/mol. The predicted octanol–water partition coefficient (Wildman–Crippen LogP) is 2.05. The van der Waals surface area contributed by atoms with E-state index >= 15 is 0 Å². The van der Waals surface area contributed by atoms with Crippen molar-refractivity contribution < 1.29 is 15.0 Å². The molecule has 1 aromatic heterocycles. The van der Waals surface area contributed by atoms with Gasteiger partial charge < -0.3 is 15.1 Å². The van der Waals surface area contributed by atoms with E-state index < -0.39 is 11.0 Å². The van der Waals surface area contributed by atoms with Gasteiger partial charge in [0.2, 0.25) is 5.91 Å². The van der Waals surface area contributed by atoms with Crippen LogP contribution in [0.4, 0.5) is 0 Å². The van der Waals surface area contributed by atoms with Crippen LogP contribution in [-0.4, -0.2) is 49.3 Å². The van der Waals surface area contributed by atoms with E-state index in [4.69, 9.17) is 5.11 Å². The molecule has 1 aliphatic rings. The Bertz CT molecular complexity index is 965. The summed E-state index contributed by atoms with van der Waals surface area (Å²) in [5.41, 5.74) is 0.181. The minimum absolute atomic E-state index is 0.0378. The van der Waals surface area contributed by atoms with Gasteiger partial charge in [-0.1, -0.05) is 52.0 Å². The van der Waals surface area contributed by atoms with E-state index in [1.807, 2.05) is 39.8 Å². The Labute approximate surface area is 177 Å². The molecule has 7 heteroatoms. The van der Waals surface area contributed by atoms with E-state index in [2.05, 4.69) is 4.98 Å². The Morgan fingerprint density at radius 1 is 1.23 bits per heavy atom. The molecule has 3 rings (SSSR count). The molecule has 1 unspecified atom stereocenters. The van der Waals surface area contributed by atoms with Gasteiger partial charge in [-0.15, -0.1) is 0 Å². The molecule has 0 bridgehead atoms. The first kappa shape index (κ1) is 22.2. The van der Waals surface area contributed by atoms with Crippen LogP contribution in [0.15, 0.2) is 41.5 Å². The summed E-state index contributed by atoms with van der Waals surface area (Å²) in [6, 6.07) is 8.67. The van der Waals surface area contributed by atoms with Crippen LogP contribution < -0.4 is 5.56 Å². The van der Waals surface area contributed by atoms with Crippen LogP contribution in [0.1, 0.15) is 39.7 Å². The van der Waals surface area contributed by atoms with Crippen molar-refractivity contribution in [2.75, 3.05) is 13.1 Å². The molecule has 2 aromatic rings. The van der Waals surface area contributed by atoms with Crippen molar-refractivity contribution in [3.63, 3.8) is 0 Å². The second-order valence-electron chi connectivity index (χ2n) is 9.18. The van der Waals surface area contributed by atoms with Crippen molar-refractivity contribution in [1.29, 1.82) is 0 Å². The number of aliphatic hydroxyl groups excluding tert-OH is 1. The van der Waals surface area contributed by atoms with E-state index in [0.29, 0.717) is 25.2 Å². The highest BCUT2D eigenvalue weighted by molar-refractivity contribution is 5.78. The molecule has 162 valence electrons. The van der Waals surface area contributed by atoms with Gasteiger partial charge in [-0.2, -0.15) is 0 Å². The molecule has 7 nitrogen and oxygen atoms in total. The summed E-state index contributed by atoms with van der Waals surface area (Å²) in [4.78, 5) is 31.3. The molecule has 0 aliphatic carbocycles. The number of nitrogens with zero attached hydrogens (tertiary/aromatic N) is 3. The van der Waals surface area contributed by atoms with Crippen molar-refractivity contribution in [2.24, 2.45) is 11.3 Å². The number of carbonyl (C=O) groups is 1. The van der Waals surface area contributed by atoms with Gasteiger partial charge in [0.15, 0.2) is 0 Å². The van der Waals surface area contributed by atoms with Crippen molar-refractivity contribution in [3.8, 4) is 11.3 Å². The SMILES string of the molecule is CC(C)C(=O)N1CCC(O)(Cn2cnc(-c3ccc(CO)cc3)cc2=O)C(C)(C)C1. The number of hydrogen-bond acceptors (Lipinski definition) is 5. The summed E-state index contributed by atoms with van der Waals surface area (Å²) in [5.74, 6) is -0.00155. The fraction of sp³-hybridized carbons (Fsp3) is 0.522. The van der Waals surface area contributed by atoms with Gasteiger partial charge in [-0.05, 0) is 12.0 Å². The number of hydrogen-bond donors (Lipinski definition) is 2. The third-order valence-corrected chi connectivity index (χ3v) is 6.19. The first-order valence-electron chi connectivity index (χ1n) is 10.3. The predicted molar refractivity (Wildman–Crippen MR) is 115 cm³/mol. The van der Waals surface area contributed by atoms with Gasteiger partial charge in [0.1, 0.15) is 0 Å². The van der Waals surface area contributed by atoms with Gasteiger partial charge in [-0.25, -0.2) is 4.98 Å². The van der Waals surface area contributed by atoms with Crippen molar-refractivity contribution in [2.45, 2.75) is 52.9 Å². The fourth-order valence-electron chi connectivity index (χ4n) is 3.97. The Morgan fingerprint density at radius 3 is 2.43 bits per heavy atom. The Balaban J connectivity index is 1.80. The molecule has 1 fully saturated rings. The minimum atomic E-state index is -1.13. The standard InChI is InChI=1S/C23H31N3O4/c1-16(2)21(29)25-10-9-23(30,22(3,4)13-25)14-26-15-24-19(11-20(26)28)18-7-5-17(12-27)6-8-18/h5-8,11,15-16,27,30H,9-10,12-14H2,1-4H3. The third kappa shape index (κ3) is 4.32. The van der Waals surface area contributed by atoms with Crippen LogP contribution in [0.5, 0.6) is 0 Å². The molecule has 1 atom stereocenters. The number of rotatable bonds is 5. The maximum Gasteiger partial charge on any atom is 0.253 e.